The van der Waals surface area contributed by atoms with E-state index in [4.69, 9.17) is 11.5 Å². The largest absolute Gasteiger partial charge is 0.475 e. The van der Waals surface area contributed by atoms with Crippen LogP contribution in [-0.2, 0) is 14.4 Å². The SMILES string of the molecule is CC(C)CC(NC(=O)C(CCCCN)NC(=O)c1ccccc1)C(=O)NC(CCCCN)C(=O)N1CCC(F)CC1B(O)O. The third-order valence-corrected chi connectivity index (χ3v) is 7.71. The van der Waals surface area contributed by atoms with Gasteiger partial charge in [0.1, 0.15) is 24.3 Å². The van der Waals surface area contributed by atoms with E-state index in [0.717, 1.165) is 0 Å². The van der Waals surface area contributed by atoms with Gasteiger partial charge in [-0.3, -0.25) is 19.2 Å². The highest BCUT2D eigenvalue weighted by Gasteiger charge is 2.41. The molecule has 4 amide bonds. The van der Waals surface area contributed by atoms with Crippen LogP contribution in [0.4, 0.5) is 4.39 Å². The maximum Gasteiger partial charge on any atom is 0.475 e. The van der Waals surface area contributed by atoms with E-state index in [-0.39, 0.29) is 38.1 Å². The van der Waals surface area contributed by atoms with E-state index >= 15 is 0 Å². The fourth-order valence-corrected chi connectivity index (χ4v) is 5.30. The number of amides is 4. The Hall–Kier alpha value is -3.07. The molecule has 14 heteroatoms. The zero-order valence-electron chi connectivity index (χ0n) is 25.9. The Morgan fingerprint density at radius 3 is 2.05 bits per heavy atom. The molecule has 12 nitrogen and oxygen atoms in total. The summed E-state index contributed by atoms with van der Waals surface area (Å²) in [4.78, 5) is 54.9. The van der Waals surface area contributed by atoms with Gasteiger partial charge in [-0.05, 0) is 88.9 Å². The highest BCUT2D eigenvalue weighted by molar-refractivity contribution is 6.43. The molecule has 2 rings (SSSR count). The topological polar surface area (TPSA) is 200 Å². The van der Waals surface area contributed by atoms with E-state index in [2.05, 4.69) is 16.0 Å². The number of nitrogens with one attached hydrogen (secondary N) is 3. The minimum atomic E-state index is -1.94. The minimum absolute atomic E-state index is 0.00968. The van der Waals surface area contributed by atoms with Crippen LogP contribution in [-0.4, -0.2) is 95.6 Å². The number of carbonyl (C=O) groups is 4. The molecule has 0 aromatic heterocycles. The van der Waals surface area contributed by atoms with Crippen molar-refractivity contribution in [2.75, 3.05) is 19.6 Å². The summed E-state index contributed by atoms with van der Waals surface area (Å²) >= 11 is 0. The third kappa shape index (κ3) is 12.1. The fraction of sp³-hybridized carbons (Fsp3) is 0.667. The zero-order chi connectivity index (χ0) is 32.6. The van der Waals surface area contributed by atoms with Crippen LogP contribution in [0.2, 0.25) is 0 Å². The van der Waals surface area contributed by atoms with Gasteiger partial charge >= 0.3 is 7.12 Å². The van der Waals surface area contributed by atoms with Crippen LogP contribution in [0.5, 0.6) is 0 Å². The van der Waals surface area contributed by atoms with Crippen LogP contribution < -0.4 is 27.4 Å². The predicted octanol–water partition coefficient (Wildman–Crippen LogP) is 0.400. The molecule has 1 fully saturated rings. The predicted molar refractivity (Wildman–Crippen MR) is 167 cm³/mol. The molecule has 1 heterocycles. The summed E-state index contributed by atoms with van der Waals surface area (Å²) in [6.45, 7) is 4.56. The van der Waals surface area contributed by atoms with E-state index < -0.39 is 61.0 Å². The zero-order valence-corrected chi connectivity index (χ0v) is 25.9. The lowest BCUT2D eigenvalue weighted by Crippen LogP contribution is -2.61. The van der Waals surface area contributed by atoms with Gasteiger partial charge in [-0.25, -0.2) is 4.39 Å². The van der Waals surface area contributed by atoms with Crippen molar-refractivity contribution >= 4 is 30.7 Å². The molecule has 246 valence electrons. The molecule has 1 aliphatic rings. The first-order valence-electron chi connectivity index (χ1n) is 15.7. The van der Waals surface area contributed by atoms with Gasteiger partial charge in [-0.2, -0.15) is 0 Å². The van der Waals surface area contributed by atoms with Crippen LogP contribution in [0, 0.1) is 5.92 Å². The van der Waals surface area contributed by atoms with E-state index in [0.29, 0.717) is 50.8 Å². The number of halogens is 1. The molecule has 0 saturated carbocycles. The normalized spacial score (nSPS) is 18.7. The average Bonchev–Trinajstić information content (AvgIpc) is 2.99. The first kappa shape index (κ1) is 37.1. The van der Waals surface area contributed by atoms with E-state index in [9.17, 15) is 33.6 Å². The second-order valence-electron chi connectivity index (χ2n) is 11.8. The lowest BCUT2D eigenvalue weighted by atomic mass is 9.73. The fourth-order valence-electron chi connectivity index (χ4n) is 5.30. The molecule has 1 aromatic carbocycles. The molecule has 1 aliphatic heterocycles. The lowest BCUT2D eigenvalue weighted by molar-refractivity contribution is -0.140. The molecular formula is C30H50BFN6O6. The summed E-state index contributed by atoms with van der Waals surface area (Å²) in [5, 5.41) is 28.0. The van der Waals surface area contributed by atoms with Crippen molar-refractivity contribution in [3.8, 4) is 0 Å². The maximum atomic E-state index is 14.1. The molecule has 0 aliphatic carbocycles. The Balaban J connectivity index is 2.24. The number of hydrogen-bond acceptors (Lipinski definition) is 8. The number of carbonyl (C=O) groups excluding carboxylic acids is 4. The first-order chi connectivity index (χ1) is 21.0. The monoisotopic (exact) mass is 620 g/mol. The molecule has 1 aromatic rings. The van der Waals surface area contributed by atoms with Crippen LogP contribution >= 0.6 is 0 Å². The van der Waals surface area contributed by atoms with Gasteiger partial charge in [0.2, 0.25) is 17.7 Å². The van der Waals surface area contributed by atoms with Crippen molar-refractivity contribution < 1.29 is 33.6 Å². The van der Waals surface area contributed by atoms with E-state index in [1.807, 2.05) is 13.8 Å². The molecule has 9 N–H and O–H groups in total. The summed E-state index contributed by atoms with van der Waals surface area (Å²) < 4.78 is 14.1. The molecule has 0 spiro atoms. The Morgan fingerprint density at radius 2 is 1.48 bits per heavy atom. The highest BCUT2D eigenvalue weighted by atomic mass is 19.1. The number of likely N-dealkylation sites (tertiary alicyclic amines) is 1. The Kier molecular flexibility index (Phi) is 16.3. The number of nitrogens with zero attached hydrogens (tertiary/aromatic N) is 1. The number of rotatable bonds is 18. The number of hydrogen-bond donors (Lipinski definition) is 7. The summed E-state index contributed by atoms with van der Waals surface area (Å²) in [5.74, 6) is -3.25. The van der Waals surface area contributed by atoms with Crippen LogP contribution in [0.3, 0.4) is 0 Å². The Morgan fingerprint density at radius 1 is 0.909 bits per heavy atom. The number of benzene rings is 1. The summed E-state index contributed by atoms with van der Waals surface area (Å²) in [7, 11) is -1.94. The molecule has 5 atom stereocenters. The Labute approximate surface area is 260 Å². The third-order valence-electron chi connectivity index (χ3n) is 7.71. The van der Waals surface area contributed by atoms with Crippen molar-refractivity contribution in [2.45, 2.75) is 102 Å². The quantitative estimate of drug-likeness (QED) is 0.0903. The summed E-state index contributed by atoms with van der Waals surface area (Å²) in [6, 6.07) is 5.50. The Bertz CT molecular complexity index is 1050. The maximum absolute atomic E-state index is 14.1. The van der Waals surface area contributed by atoms with Crippen molar-refractivity contribution in [2.24, 2.45) is 17.4 Å². The smallest absolute Gasteiger partial charge is 0.426 e. The van der Waals surface area contributed by atoms with Crippen molar-refractivity contribution in [1.29, 1.82) is 0 Å². The second-order valence-corrected chi connectivity index (χ2v) is 11.8. The molecule has 5 unspecified atom stereocenters. The molecular weight excluding hydrogens is 570 g/mol. The van der Waals surface area contributed by atoms with E-state index in [1.54, 1.807) is 30.3 Å². The van der Waals surface area contributed by atoms with Gasteiger partial charge in [-0.15, -0.1) is 0 Å². The van der Waals surface area contributed by atoms with Crippen molar-refractivity contribution in [3.63, 3.8) is 0 Å². The van der Waals surface area contributed by atoms with Crippen LogP contribution in [0.15, 0.2) is 30.3 Å². The molecule has 1 saturated heterocycles. The van der Waals surface area contributed by atoms with Gasteiger partial charge in [-0.1, -0.05) is 32.0 Å². The highest BCUT2D eigenvalue weighted by Crippen LogP contribution is 2.23. The molecule has 0 radical (unpaired) electrons. The second kappa shape index (κ2) is 19.3. The van der Waals surface area contributed by atoms with Crippen LogP contribution in [0.25, 0.3) is 0 Å². The van der Waals surface area contributed by atoms with E-state index in [1.165, 1.54) is 4.90 Å². The number of nitrogens with two attached hydrogens (primary N) is 2. The molecule has 44 heavy (non-hydrogen) atoms. The number of alkyl halides is 1. The number of unbranched alkanes of at least 4 members (excludes halogenated alkanes) is 2. The lowest BCUT2D eigenvalue weighted by Gasteiger charge is -2.39. The average molecular weight is 621 g/mol. The number of piperidine rings is 1. The summed E-state index contributed by atoms with van der Waals surface area (Å²) in [6.07, 6.45) is 1.67. The van der Waals surface area contributed by atoms with Gasteiger partial charge < -0.3 is 42.4 Å². The van der Waals surface area contributed by atoms with Gasteiger partial charge in [0.25, 0.3) is 5.91 Å². The van der Waals surface area contributed by atoms with Crippen molar-refractivity contribution in [1.82, 2.24) is 20.9 Å². The molecule has 0 bridgehead atoms. The van der Waals surface area contributed by atoms with Gasteiger partial charge in [0.15, 0.2) is 0 Å². The minimum Gasteiger partial charge on any atom is -0.426 e. The van der Waals surface area contributed by atoms with Crippen molar-refractivity contribution in [3.05, 3.63) is 35.9 Å². The van der Waals surface area contributed by atoms with Crippen LogP contribution in [0.1, 0.15) is 82.0 Å². The standard InChI is InChI=1S/C30H50BFN6O6/c1-20(2)18-25(37-28(40)23(12-6-8-15-33)35-27(39)21-10-4-3-5-11-21)29(41)36-24(13-7-9-16-34)30(42)38-17-14-22(32)19-26(38)31(43)44/h3-5,10-11,20,22-26,43-44H,6-9,12-19,33-34H2,1-2H3,(H,35,39)(H,36,41)(H,37,40). The summed E-state index contributed by atoms with van der Waals surface area (Å²) in [5.41, 5.74) is 11.7. The van der Waals surface area contributed by atoms with Gasteiger partial charge in [0, 0.05) is 12.1 Å². The van der Waals surface area contributed by atoms with Gasteiger partial charge in [0.05, 0.1) is 5.94 Å². The first-order valence-corrected chi connectivity index (χ1v) is 15.7.